The maximum absolute atomic E-state index is 10.4. The molecule has 0 aliphatic carbocycles. The predicted octanol–water partition coefficient (Wildman–Crippen LogP) is 0.608. The maximum atomic E-state index is 10.4. The molecule has 0 saturated carbocycles. The number of aliphatic carboxylic acids is 2. The largest absolute Gasteiger partial charge is 0.481 e. The highest BCUT2D eigenvalue weighted by Gasteiger charge is 2.23. The fourth-order valence-corrected chi connectivity index (χ4v) is 1.21. The molecule has 0 radical (unpaired) electrons. The summed E-state index contributed by atoms with van der Waals surface area (Å²) < 4.78 is 0. The van der Waals surface area contributed by atoms with E-state index in [-0.39, 0.29) is 5.09 Å². The van der Waals surface area contributed by atoms with Gasteiger partial charge < -0.3 is 15.1 Å². The van der Waals surface area contributed by atoms with Gasteiger partial charge >= 0.3 is 11.9 Å². The van der Waals surface area contributed by atoms with Gasteiger partial charge in [0.1, 0.15) is 5.25 Å². The Morgan fingerprint density at radius 1 is 1.46 bits per heavy atom. The highest BCUT2D eigenvalue weighted by atomic mass is 32.2. The first kappa shape index (κ1) is 11.8. The number of hydrogen-bond acceptors (Lipinski definition) is 5. The molecule has 6 nitrogen and oxygen atoms in total. The lowest BCUT2D eigenvalue weighted by Crippen LogP contribution is -2.20. The zero-order chi connectivity index (χ0) is 10.4. The quantitative estimate of drug-likeness (QED) is 0.333. The first-order chi connectivity index (χ1) is 5.97. The highest BCUT2D eigenvalue weighted by Crippen LogP contribution is 2.23. The second-order valence-electron chi connectivity index (χ2n) is 2.01. The van der Waals surface area contributed by atoms with Gasteiger partial charge in [0.15, 0.2) is 5.09 Å². The molecule has 0 spiro atoms. The zero-order valence-corrected chi connectivity index (χ0v) is 7.28. The van der Waals surface area contributed by atoms with E-state index in [0.717, 1.165) is 0 Å². The van der Waals surface area contributed by atoms with Crippen LogP contribution >= 0.6 is 11.8 Å². The van der Waals surface area contributed by atoms with Gasteiger partial charge in [-0.15, -0.1) is 0 Å². The molecule has 0 rings (SSSR count). The minimum Gasteiger partial charge on any atom is -0.481 e. The monoisotopic (exact) mass is 208 g/mol. The van der Waals surface area contributed by atoms with Crippen molar-refractivity contribution < 1.29 is 29.9 Å². The lowest BCUT2D eigenvalue weighted by atomic mass is 10.3. The van der Waals surface area contributed by atoms with Crippen LogP contribution in [-0.2, 0) is 14.5 Å². The first-order valence-electron chi connectivity index (χ1n) is 3.09. The first-order valence-corrected chi connectivity index (χ1v) is 3.97. The molecule has 3 N–H and O–H groups in total. The van der Waals surface area contributed by atoms with E-state index in [0.29, 0.717) is 11.8 Å². The lowest BCUT2D eigenvalue weighted by molar-refractivity contribution is -0.191. The third-order valence-corrected chi connectivity index (χ3v) is 2.00. The molecule has 7 heteroatoms. The van der Waals surface area contributed by atoms with Crippen LogP contribution < -0.4 is 0 Å². The Morgan fingerprint density at radius 3 is 2.31 bits per heavy atom. The van der Waals surface area contributed by atoms with E-state index in [9.17, 15) is 9.59 Å². The van der Waals surface area contributed by atoms with Crippen LogP contribution in [0.3, 0.4) is 0 Å². The van der Waals surface area contributed by atoms with Gasteiger partial charge in [-0.05, 0) is 6.58 Å². The van der Waals surface area contributed by atoms with Crippen molar-refractivity contribution in [2.45, 2.75) is 11.7 Å². The molecule has 0 aromatic carbocycles. The van der Waals surface area contributed by atoms with Gasteiger partial charge in [-0.2, -0.15) is 0 Å². The number of rotatable bonds is 6. The highest BCUT2D eigenvalue weighted by molar-refractivity contribution is 8.04. The summed E-state index contributed by atoms with van der Waals surface area (Å²) in [5, 5.41) is 23.4. The van der Waals surface area contributed by atoms with Crippen LogP contribution in [0.1, 0.15) is 6.42 Å². The van der Waals surface area contributed by atoms with Gasteiger partial charge in [-0.25, -0.2) is 5.26 Å². The standard InChI is InChI=1S/C6H8O6S/c1-3(12-11)13-4(6(9)10)2-5(7)8/h4,11H,1-2H2,(H,7,8)(H,9,10). The van der Waals surface area contributed by atoms with E-state index in [1.165, 1.54) is 0 Å². The fraction of sp³-hybridized carbons (Fsp3) is 0.333. The number of thioether (sulfide) groups is 1. The van der Waals surface area contributed by atoms with E-state index in [4.69, 9.17) is 15.5 Å². The van der Waals surface area contributed by atoms with Crippen LogP contribution in [0.5, 0.6) is 0 Å². The molecule has 0 bridgehead atoms. The third-order valence-electron chi connectivity index (χ3n) is 1.01. The van der Waals surface area contributed by atoms with Crippen molar-refractivity contribution in [3.63, 3.8) is 0 Å². The molecule has 0 aromatic rings. The molecule has 1 unspecified atom stereocenters. The molecule has 74 valence electrons. The van der Waals surface area contributed by atoms with Gasteiger partial charge in [0.25, 0.3) is 0 Å². The molecular formula is C6H8O6S. The average molecular weight is 208 g/mol. The number of carboxylic acids is 2. The van der Waals surface area contributed by atoms with E-state index in [1.807, 2.05) is 0 Å². The van der Waals surface area contributed by atoms with Gasteiger partial charge in [-0.3, -0.25) is 9.59 Å². The number of carbonyl (C=O) groups is 2. The van der Waals surface area contributed by atoms with Crippen molar-refractivity contribution in [3.05, 3.63) is 11.7 Å². The van der Waals surface area contributed by atoms with Crippen molar-refractivity contribution in [2.24, 2.45) is 0 Å². The average Bonchev–Trinajstić information content (AvgIpc) is 2.02. The van der Waals surface area contributed by atoms with E-state index in [2.05, 4.69) is 11.5 Å². The fourth-order valence-electron chi connectivity index (χ4n) is 0.518. The second kappa shape index (κ2) is 5.44. The van der Waals surface area contributed by atoms with Gasteiger partial charge in [0.2, 0.25) is 0 Å². The molecule has 1 atom stereocenters. The SMILES string of the molecule is C=C(OO)SC(CC(=O)O)C(=O)O. The molecule has 0 amide bonds. The van der Waals surface area contributed by atoms with Crippen LogP contribution in [0.25, 0.3) is 0 Å². The Bertz CT molecular complexity index is 225. The minimum absolute atomic E-state index is 0.256. The summed E-state index contributed by atoms with van der Waals surface area (Å²) in [6.07, 6.45) is -0.567. The molecule has 0 saturated heterocycles. The normalized spacial score (nSPS) is 11.8. The summed E-state index contributed by atoms with van der Waals surface area (Å²) >= 11 is 0.534. The summed E-state index contributed by atoms with van der Waals surface area (Å²) in [6, 6.07) is 0. The second-order valence-corrected chi connectivity index (χ2v) is 3.27. The minimum atomic E-state index is -1.30. The lowest BCUT2D eigenvalue weighted by Gasteiger charge is -2.08. The molecule has 0 heterocycles. The van der Waals surface area contributed by atoms with E-state index in [1.54, 1.807) is 0 Å². The van der Waals surface area contributed by atoms with E-state index < -0.39 is 23.6 Å². The Balaban J connectivity index is 4.18. The Kier molecular flexibility index (Phi) is 4.93. The van der Waals surface area contributed by atoms with Crippen molar-refractivity contribution in [1.29, 1.82) is 0 Å². The van der Waals surface area contributed by atoms with Crippen LogP contribution in [0.15, 0.2) is 11.7 Å². The smallest absolute Gasteiger partial charge is 0.317 e. The van der Waals surface area contributed by atoms with Crippen molar-refractivity contribution >= 4 is 23.7 Å². The third kappa shape index (κ3) is 5.10. The molecular weight excluding hydrogens is 200 g/mol. The summed E-state index contributed by atoms with van der Waals surface area (Å²) in [7, 11) is 0. The summed E-state index contributed by atoms with van der Waals surface area (Å²) in [5.74, 6) is -2.55. The van der Waals surface area contributed by atoms with Crippen LogP contribution in [0, 0.1) is 0 Å². The van der Waals surface area contributed by atoms with E-state index >= 15 is 0 Å². The Labute approximate surface area is 77.7 Å². The molecule has 0 aliphatic heterocycles. The summed E-state index contributed by atoms with van der Waals surface area (Å²) in [5.41, 5.74) is 0. The Hall–Kier alpha value is -1.21. The van der Waals surface area contributed by atoms with Crippen LogP contribution in [-0.4, -0.2) is 32.7 Å². The Morgan fingerprint density at radius 2 is 2.00 bits per heavy atom. The predicted molar refractivity (Wildman–Crippen MR) is 44.1 cm³/mol. The van der Waals surface area contributed by atoms with Crippen molar-refractivity contribution in [2.75, 3.05) is 0 Å². The maximum Gasteiger partial charge on any atom is 0.317 e. The summed E-state index contributed by atoms with van der Waals surface area (Å²) in [6.45, 7) is 3.14. The number of hydrogen-bond donors (Lipinski definition) is 3. The molecule has 13 heavy (non-hydrogen) atoms. The van der Waals surface area contributed by atoms with Crippen molar-refractivity contribution in [1.82, 2.24) is 0 Å². The zero-order valence-electron chi connectivity index (χ0n) is 6.47. The number of carboxylic acid groups (broad SMARTS) is 2. The van der Waals surface area contributed by atoms with Crippen molar-refractivity contribution in [3.8, 4) is 0 Å². The van der Waals surface area contributed by atoms with Gasteiger partial charge in [0, 0.05) is 0 Å². The van der Waals surface area contributed by atoms with Crippen LogP contribution in [0.4, 0.5) is 0 Å². The van der Waals surface area contributed by atoms with Gasteiger partial charge in [-0.1, -0.05) is 11.8 Å². The topological polar surface area (TPSA) is 104 Å². The molecule has 0 aliphatic rings. The van der Waals surface area contributed by atoms with Gasteiger partial charge in [0.05, 0.1) is 6.42 Å². The van der Waals surface area contributed by atoms with Crippen LogP contribution in [0.2, 0.25) is 0 Å². The molecule has 0 fully saturated rings. The molecule has 0 aromatic heterocycles. The summed E-state index contributed by atoms with van der Waals surface area (Å²) in [4.78, 5) is 24.2.